The third-order valence-electron chi connectivity index (χ3n) is 2.11. The van der Waals surface area contributed by atoms with E-state index in [9.17, 15) is 27.4 Å². The molecule has 0 aromatic rings. The van der Waals surface area contributed by atoms with Gasteiger partial charge in [0.15, 0.2) is 0 Å². The summed E-state index contributed by atoms with van der Waals surface area (Å²) in [6.45, 7) is 0. The minimum atomic E-state index is -4.93. The molecule has 1 atom stereocenters. The topological polar surface area (TPSA) is 121 Å². The van der Waals surface area contributed by atoms with E-state index in [4.69, 9.17) is 0 Å². The van der Waals surface area contributed by atoms with Crippen LogP contribution in [-0.4, -0.2) is 53.1 Å². The monoisotopic (exact) mass is 319 g/mol. The SMILES string of the molecule is CSCCC(=O)ON1C(=O)CC(S(=O)(=O)[O-])C1=O.[Na+]. The zero-order chi connectivity index (χ0) is 13.9. The molecule has 0 aromatic heterocycles. The molecule has 0 aliphatic carbocycles. The van der Waals surface area contributed by atoms with Gasteiger partial charge >= 0.3 is 35.5 Å². The Hall–Kier alpha value is -0.130. The fraction of sp³-hybridized carbons (Fsp3) is 0.625. The van der Waals surface area contributed by atoms with Crippen LogP contribution in [0, 0.1) is 0 Å². The molecule has 19 heavy (non-hydrogen) atoms. The zero-order valence-corrected chi connectivity index (χ0v) is 14.0. The van der Waals surface area contributed by atoms with E-state index in [-0.39, 0.29) is 41.0 Å². The zero-order valence-electron chi connectivity index (χ0n) is 10.3. The first-order chi connectivity index (χ1) is 8.27. The molecule has 1 rings (SSSR count). The fourth-order valence-electron chi connectivity index (χ4n) is 1.24. The van der Waals surface area contributed by atoms with Gasteiger partial charge in [0.1, 0.15) is 15.4 Å². The van der Waals surface area contributed by atoms with Crippen LogP contribution in [0.4, 0.5) is 0 Å². The van der Waals surface area contributed by atoms with Crippen molar-refractivity contribution in [3.8, 4) is 0 Å². The van der Waals surface area contributed by atoms with Crippen molar-refractivity contribution >= 4 is 39.7 Å². The summed E-state index contributed by atoms with van der Waals surface area (Å²) in [6, 6.07) is 0. The van der Waals surface area contributed by atoms with Crippen LogP contribution in [0.3, 0.4) is 0 Å². The molecule has 1 fully saturated rings. The molecule has 0 saturated carbocycles. The number of thioether (sulfide) groups is 1. The second-order valence-corrected chi connectivity index (χ2v) is 5.96. The Balaban J connectivity index is 0.00000324. The van der Waals surface area contributed by atoms with E-state index >= 15 is 0 Å². The summed E-state index contributed by atoms with van der Waals surface area (Å²) in [6.07, 6.45) is 0.924. The Morgan fingerprint density at radius 3 is 2.53 bits per heavy atom. The quantitative estimate of drug-likeness (QED) is 0.285. The maximum atomic E-state index is 11.4. The molecule has 1 aliphatic rings. The number of carbonyl (C=O) groups excluding carboxylic acids is 3. The molecular weight excluding hydrogens is 309 g/mol. The second kappa shape index (κ2) is 7.60. The molecular formula is C8H10NNaO7S2. The minimum absolute atomic E-state index is 0. The molecule has 1 unspecified atom stereocenters. The number of rotatable bonds is 5. The molecule has 1 saturated heterocycles. The van der Waals surface area contributed by atoms with E-state index in [2.05, 4.69) is 4.84 Å². The van der Waals surface area contributed by atoms with E-state index in [1.807, 2.05) is 0 Å². The minimum Gasteiger partial charge on any atom is -0.747 e. The van der Waals surface area contributed by atoms with Crippen LogP contribution in [0.15, 0.2) is 0 Å². The van der Waals surface area contributed by atoms with Crippen LogP contribution in [0.5, 0.6) is 0 Å². The predicted molar refractivity (Wildman–Crippen MR) is 59.0 cm³/mol. The fourth-order valence-corrected chi connectivity index (χ4v) is 2.30. The summed E-state index contributed by atoms with van der Waals surface area (Å²) < 4.78 is 32.1. The molecule has 0 N–H and O–H groups in total. The van der Waals surface area contributed by atoms with Gasteiger partial charge in [0.2, 0.25) is 0 Å². The standard InChI is InChI=1S/C8H11NO7S2.Na/c1-17-3-2-7(11)16-9-6(10)4-5(8(9)12)18(13,14)15;/h5H,2-4H2,1H3,(H,13,14,15);/q;+1/p-1. The second-order valence-electron chi connectivity index (χ2n) is 3.42. The van der Waals surface area contributed by atoms with Gasteiger partial charge in [-0.2, -0.15) is 11.8 Å². The van der Waals surface area contributed by atoms with Crippen LogP contribution >= 0.6 is 11.8 Å². The molecule has 1 aliphatic heterocycles. The smallest absolute Gasteiger partial charge is 0.747 e. The number of hydroxylamine groups is 2. The van der Waals surface area contributed by atoms with Gasteiger partial charge in [-0.25, -0.2) is 13.2 Å². The van der Waals surface area contributed by atoms with E-state index < -0.39 is 39.6 Å². The van der Waals surface area contributed by atoms with Crippen LogP contribution < -0.4 is 29.6 Å². The Morgan fingerprint density at radius 1 is 1.53 bits per heavy atom. The van der Waals surface area contributed by atoms with Crippen LogP contribution in [0.25, 0.3) is 0 Å². The number of carbonyl (C=O) groups is 3. The van der Waals surface area contributed by atoms with Gasteiger partial charge in [0.05, 0.1) is 12.8 Å². The Kier molecular flexibility index (Phi) is 7.55. The van der Waals surface area contributed by atoms with Gasteiger partial charge in [-0.15, -0.1) is 5.06 Å². The first-order valence-corrected chi connectivity index (χ1v) is 7.65. The van der Waals surface area contributed by atoms with Crippen molar-refractivity contribution in [1.29, 1.82) is 0 Å². The largest absolute Gasteiger partial charge is 1.00 e. The van der Waals surface area contributed by atoms with Gasteiger partial charge in [0, 0.05) is 5.75 Å². The van der Waals surface area contributed by atoms with Crippen molar-refractivity contribution in [3.05, 3.63) is 0 Å². The van der Waals surface area contributed by atoms with Crippen molar-refractivity contribution < 1.29 is 61.7 Å². The summed E-state index contributed by atoms with van der Waals surface area (Å²) in [5.41, 5.74) is 0. The first kappa shape index (κ1) is 18.9. The summed E-state index contributed by atoms with van der Waals surface area (Å²) in [7, 11) is -4.93. The van der Waals surface area contributed by atoms with Crippen molar-refractivity contribution in [3.63, 3.8) is 0 Å². The van der Waals surface area contributed by atoms with Crippen molar-refractivity contribution in [2.45, 2.75) is 18.1 Å². The maximum Gasteiger partial charge on any atom is 1.00 e. The molecule has 2 amide bonds. The summed E-state index contributed by atoms with van der Waals surface area (Å²) in [4.78, 5) is 38.3. The summed E-state index contributed by atoms with van der Waals surface area (Å²) in [5, 5.41) is -1.94. The normalized spacial score (nSPS) is 19.3. The number of amides is 2. The van der Waals surface area contributed by atoms with Gasteiger partial charge in [0.25, 0.3) is 11.8 Å². The van der Waals surface area contributed by atoms with E-state index in [0.29, 0.717) is 5.75 Å². The maximum absolute atomic E-state index is 11.4. The molecule has 11 heteroatoms. The van der Waals surface area contributed by atoms with Crippen LogP contribution in [0.1, 0.15) is 12.8 Å². The average molecular weight is 319 g/mol. The predicted octanol–water partition coefficient (Wildman–Crippen LogP) is -4.13. The van der Waals surface area contributed by atoms with Crippen molar-refractivity contribution in [2.24, 2.45) is 0 Å². The van der Waals surface area contributed by atoms with Gasteiger partial charge in [-0.3, -0.25) is 9.59 Å². The molecule has 102 valence electrons. The number of hydrogen-bond acceptors (Lipinski definition) is 8. The average Bonchev–Trinajstić information content (AvgIpc) is 2.53. The molecule has 1 heterocycles. The Labute approximate surface area is 136 Å². The first-order valence-electron chi connectivity index (χ1n) is 4.78. The molecule has 8 nitrogen and oxygen atoms in total. The third kappa shape index (κ3) is 5.04. The Morgan fingerprint density at radius 2 is 2.11 bits per heavy atom. The molecule has 0 aromatic carbocycles. The third-order valence-corrected chi connectivity index (χ3v) is 3.79. The number of nitrogens with zero attached hydrogens (tertiary/aromatic N) is 1. The van der Waals surface area contributed by atoms with Crippen molar-refractivity contribution in [1.82, 2.24) is 5.06 Å². The van der Waals surface area contributed by atoms with Crippen molar-refractivity contribution in [2.75, 3.05) is 12.0 Å². The van der Waals surface area contributed by atoms with E-state index in [0.717, 1.165) is 0 Å². The van der Waals surface area contributed by atoms with Gasteiger partial charge < -0.3 is 9.39 Å². The van der Waals surface area contributed by atoms with Crippen LogP contribution in [-0.2, 0) is 29.3 Å². The number of hydrogen-bond donors (Lipinski definition) is 0. The summed E-state index contributed by atoms with van der Waals surface area (Å²) in [5.74, 6) is -2.73. The molecule has 0 bridgehead atoms. The summed E-state index contributed by atoms with van der Waals surface area (Å²) >= 11 is 1.36. The number of imide groups is 1. The van der Waals surface area contributed by atoms with Crippen LogP contribution in [0.2, 0.25) is 0 Å². The van der Waals surface area contributed by atoms with E-state index in [1.54, 1.807) is 6.26 Å². The molecule has 0 spiro atoms. The molecule has 0 radical (unpaired) electrons. The van der Waals surface area contributed by atoms with Gasteiger partial charge in [-0.1, -0.05) is 0 Å². The Bertz CT molecular complexity index is 477. The van der Waals surface area contributed by atoms with Gasteiger partial charge in [-0.05, 0) is 6.26 Å². The van der Waals surface area contributed by atoms with E-state index in [1.165, 1.54) is 11.8 Å².